The number of hydrogen-bond donors (Lipinski definition) is 0. The molecule has 0 fully saturated rings. The summed E-state index contributed by atoms with van der Waals surface area (Å²) in [4.78, 5) is 2.43. The highest BCUT2D eigenvalue weighted by Crippen LogP contribution is 2.26. The van der Waals surface area contributed by atoms with Crippen LogP contribution < -0.4 is 0 Å². The van der Waals surface area contributed by atoms with Crippen molar-refractivity contribution in [1.82, 2.24) is 4.90 Å². The summed E-state index contributed by atoms with van der Waals surface area (Å²) in [6, 6.07) is 0. The normalized spacial score (nSPS) is 12.4. The molecule has 1 nitrogen and oxygen atoms in total. The summed E-state index contributed by atoms with van der Waals surface area (Å²) >= 11 is 0. The Labute approximate surface area is 97.2 Å². The molecule has 0 radical (unpaired) electrons. The third kappa shape index (κ3) is 6.19. The van der Waals surface area contributed by atoms with E-state index in [4.69, 9.17) is 0 Å². The number of nitrogens with zero attached hydrogens (tertiary/aromatic N) is 1. The molecule has 0 aliphatic carbocycles. The van der Waals surface area contributed by atoms with Crippen LogP contribution in [0, 0.1) is 0 Å². The topological polar surface area (TPSA) is 3.24 Å². The maximum atomic E-state index is 2.43. The number of unbranched alkanes of at least 4 members (excludes halogenated alkanes) is 4. The molecule has 0 bridgehead atoms. The van der Waals surface area contributed by atoms with Crippen LogP contribution in [-0.4, -0.2) is 24.5 Å². The second-order valence-corrected chi connectivity index (χ2v) is 5.31. The Morgan fingerprint density at radius 2 is 1.20 bits per heavy atom. The van der Waals surface area contributed by atoms with Gasteiger partial charge in [-0.05, 0) is 33.9 Å². The van der Waals surface area contributed by atoms with Crippen molar-refractivity contribution in [3.63, 3.8) is 0 Å². The SMILES string of the molecule is CCCCCC(C)(CCCCC)N(C)C. The van der Waals surface area contributed by atoms with Crippen LogP contribution in [0.25, 0.3) is 0 Å². The maximum absolute atomic E-state index is 2.43. The van der Waals surface area contributed by atoms with E-state index in [9.17, 15) is 0 Å². The first-order valence-electron chi connectivity index (χ1n) is 6.74. The van der Waals surface area contributed by atoms with Gasteiger partial charge in [0.1, 0.15) is 0 Å². The van der Waals surface area contributed by atoms with Crippen molar-refractivity contribution in [1.29, 1.82) is 0 Å². The predicted octanol–water partition coefficient (Wildman–Crippen LogP) is 4.47. The van der Waals surface area contributed by atoms with Gasteiger partial charge < -0.3 is 4.90 Å². The van der Waals surface area contributed by atoms with Crippen LogP contribution in [0.4, 0.5) is 0 Å². The zero-order valence-corrected chi connectivity index (χ0v) is 11.6. The molecule has 1 heteroatoms. The minimum absolute atomic E-state index is 0.435. The van der Waals surface area contributed by atoms with E-state index < -0.39 is 0 Å². The molecule has 15 heavy (non-hydrogen) atoms. The molecule has 0 rings (SSSR count). The van der Waals surface area contributed by atoms with Gasteiger partial charge in [0.25, 0.3) is 0 Å². The van der Waals surface area contributed by atoms with Crippen molar-refractivity contribution >= 4 is 0 Å². The Hall–Kier alpha value is -0.0400. The standard InChI is InChI=1S/C14H31N/c1-6-8-10-12-14(3,15(4)5)13-11-9-7-2/h6-13H2,1-5H3. The van der Waals surface area contributed by atoms with Crippen molar-refractivity contribution in [3.8, 4) is 0 Å². The number of hydrogen-bond acceptors (Lipinski definition) is 1. The molecule has 0 spiro atoms. The molecule has 0 aromatic heterocycles. The molecule has 0 aliphatic heterocycles. The van der Waals surface area contributed by atoms with E-state index in [0.29, 0.717) is 5.54 Å². The van der Waals surface area contributed by atoms with E-state index in [-0.39, 0.29) is 0 Å². The molecule has 0 heterocycles. The lowest BCUT2D eigenvalue weighted by Crippen LogP contribution is -2.41. The lowest BCUT2D eigenvalue weighted by atomic mass is 9.87. The second-order valence-electron chi connectivity index (χ2n) is 5.31. The minimum atomic E-state index is 0.435. The molecular formula is C14H31N. The summed E-state index contributed by atoms with van der Waals surface area (Å²) in [5, 5.41) is 0. The Kier molecular flexibility index (Phi) is 8.13. The van der Waals surface area contributed by atoms with Crippen LogP contribution in [-0.2, 0) is 0 Å². The van der Waals surface area contributed by atoms with Crippen molar-refractivity contribution < 1.29 is 0 Å². The Morgan fingerprint density at radius 3 is 1.47 bits per heavy atom. The fourth-order valence-electron chi connectivity index (χ4n) is 2.08. The molecule has 0 saturated heterocycles. The first-order valence-corrected chi connectivity index (χ1v) is 6.74. The minimum Gasteiger partial charge on any atom is -0.304 e. The van der Waals surface area contributed by atoms with Crippen LogP contribution in [0.2, 0.25) is 0 Å². The Balaban J connectivity index is 3.95. The molecule has 0 unspecified atom stereocenters. The molecule has 0 atom stereocenters. The summed E-state index contributed by atoms with van der Waals surface area (Å²) in [5.41, 5.74) is 0.435. The van der Waals surface area contributed by atoms with Gasteiger partial charge in [-0.15, -0.1) is 0 Å². The van der Waals surface area contributed by atoms with Crippen molar-refractivity contribution in [2.75, 3.05) is 14.1 Å². The number of rotatable bonds is 9. The molecule has 0 amide bonds. The van der Waals surface area contributed by atoms with E-state index in [1.54, 1.807) is 0 Å². The van der Waals surface area contributed by atoms with Gasteiger partial charge >= 0.3 is 0 Å². The third-order valence-electron chi connectivity index (χ3n) is 3.72. The van der Waals surface area contributed by atoms with Crippen molar-refractivity contribution in [2.45, 2.75) is 77.7 Å². The van der Waals surface area contributed by atoms with E-state index in [1.165, 1.54) is 51.4 Å². The highest BCUT2D eigenvalue weighted by atomic mass is 15.1. The molecule has 0 aromatic carbocycles. The second kappa shape index (κ2) is 8.15. The van der Waals surface area contributed by atoms with Crippen LogP contribution in [0.15, 0.2) is 0 Å². The lowest BCUT2D eigenvalue weighted by Gasteiger charge is -2.37. The van der Waals surface area contributed by atoms with Crippen molar-refractivity contribution in [3.05, 3.63) is 0 Å². The van der Waals surface area contributed by atoms with Gasteiger partial charge in [0.2, 0.25) is 0 Å². The lowest BCUT2D eigenvalue weighted by molar-refractivity contribution is 0.140. The fourth-order valence-corrected chi connectivity index (χ4v) is 2.08. The smallest absolute Gasteiger partial charge is 0.0175 e. The Bertz CT molecular complexity index is 130. The molecule has 0 saturated carbocycles. The summed E-state index contributed by atoms with van der Waals surface area (Å²) in [6.07, 6.45) is 10.9. The van der Waals surface area contributed by atoms with Gasteiger partial charge in [-0.1, -0.05) is 52.4 Å². The highest BCUT2D eigenvalue weighted by molar-refractivity contribution is 4.82. The van der Waals surface area contributed by atoms with Gasteiger partial charge in [-0.25, -0.2) is 0 Å². The predicted molar refractivity (Wildman–Crippen MR) is 70.4 cm³/mol. The first-order chi connectivity index (χ1) is 7.06. The summed E-state index contributed by atoms with van der Waals surface area (Å²) in [6.45, 7) is 6.99. The van der Waals surface area contributed by atoms with Gasteiger partial charge in [0.15, 0.2) is 0 Å². The fraction of sp³-hybridized carbons (Fsp3) is 1.00. The molecule has 0 aliphatic rings. The van der Waals surface area contributed by atoms with Crippen LogP contribution >= 0.6 is 0 Å². The van der Waals surface area contributed by atoms with Gasteiger partial charge in [0.05, 0.1) is 0 Å². The summed E-state index contributed by atoms with van der Waals surface area (Å²) < 4.78 is 0. The van der Waals surface area contributed by atoms with E-state index in [1.807, 2.05) is 0 Å². The van der Waals surface area contributed by atoms with Gasteiger partial charge in [-0.3, -0.25) is 0 Å². The Morgan fingerprint density at radius 1 is 0.800 bits per heavy atom. The molecule has 92 valence electrons. The molecule has 0 aromatic rings. The zero-order valence-electron chi connectivity index (χ0n) is 11.6. The monoisotopic (exact) mass is 213 g/mol. The van der Waals surface area contributed by atoms with E-state index in [0.717, 1.165) is 0 Å². The molecule has 0 N–H and O–H groups in total. The summed E-state index contributed by atoms with van der Waals surface area (Å²) in [5.74, 6) is 0. The molecular weight excluding hydrogens is 182 g/mol. The third-order valence-corrected chi connectivity index (χ3v) is 3.72. The van der Waals surface area contributed by atoms with Crippen LogP contribution in [0.3, 0.4) is 0 Å². The van der Waals surface area contributed by atoms with E-state index >= 15 is 0 Å². The van der Waals surface area contributed by atoms with E-state index in [2.05, 4.69) is 39.8 Å². The van der Waals surface area contributed by atoms with Crippen molar-refractivity contribution in [2.24, 2.45) is 0 Å². The van der Waals surface area contributed by atoms with Gasteiger partial charge in [0, 0.05) is 5.54 Å². The summed E-state index contributed by atoms with van der Waals surface area (Å²) in [7, 11) is 4.47. The van der Waals surface area contributed by atoms with Gasteiger partial charge in [-0.2, -0.15) is 0 Å². The quantitative estimate of drug-likeness (QED) is 0.511. The van der Waals surface area contributed by atoms with Crippen LogP contribution in [0.5, 0.6) is 0 Å². The average Bonchev–Trinajstić information content (AvgIpc) is 2.18. The highest BCUT2D eigenvalue weighted by Gasteiger charge is 2.25. The zero-order chi connectivity index (χ0) is 11.7. The maximum Gasteiger partial charge on any atom is 0.0175 e. The first kappa shape index (κ1) is 15.0. The van der Waals surface area contributed by atoms with Crippen LogP contribution in [0.1, 0.15) is 72.1 Å². The largest absolute Gasteiger partial charge is 0.304 e. The average molecular weight is 213 g/mol.